The molecule has 2 atom stereocenters. The Bertz CT molecular complexity index is 818. The summed E-state index contributed by atoms with van der Waals surface area (Å²) in [6, 6.07) is 3.87. The minimum absolute atomic E-state index is 0.238. The molecule has 0 saturated carbocycles. The summed E-state index contributed by atoms with van der Waals surface area (Å²) in [7, 11) is 1.27. The first-order valence-electron chi connectivity index (χ1n) is 9.96. The number of hydrogen-bond donors (Lipinski definition) is 1. The molecule has 1 aromatic rings. The van der Waals surface area contributed by atoms with E-state index in [2.05, 4.69) is 5.32 Å². The van der Waals surface area contributed by atoms with Crippen molar-refractivity contribution in [2.45, 2.75) is 51.3 Å². The molecule has 2 unspecified atom stereocenters. The number of methoxy groups -OCH3 is 1. The van der Waals surface area contributed by atoms with Crippen molar-refractivity contribution in [1.82, 2.24) is 10.2 Å². The average molecular weight is 420 g/mol. The summed E-state index contributed by atoms with van der Waals surface area (Å²) < 4.78 is 21.3. The van der Waals surface area contributed by atoms with E-state index in [9.17, 15) is 14.4 Å². The molecule has 2 amide bonds. The second-order valence-electron chi connectivity index (χ2n) is 8.27. The predicted molar refractivity (Wildman–Crippen MR) is 107 cm³/mol. The van der Waals surface area contributed by atoms with E-state index in [1.807, 2.05) is 0 Å². The number of carbonyl (C=O) groups excluding carboxylic acids is 3. The molecule has 3 rings (SSSR count). The van der Waals surface area contributed by atoms with Crippen molar-refractivity contribution >= 4 is 18.0 Å². The van der Waals surface area contributed by atoms with E-state index in [1.54, 1.807) is 39.0 Å². The molecule has 164 valence electrons. The van der Waals surface area contributed by atoms with Gasteiger partial charge in [0.2, 0.25) is 0 Å². The molecule has 9 nitrogen and oxygen atoms in total. The molecule has 0 aliphatic carbocycles. The standard InChI is InChI=1S/C21H28N2O7/c1-21(2,3)30-20(26)23-8-7-14(12-15(23)19(25)27-4)22-18(24)13-5-6-16-17(11-13)29-10-9-28-16/h5-6,11,14-15H,7-10,12H2,1-4H3,(H,22,24). The Hall–Kier alpha value is -2.97. The topological polar surface area (TPSA) is 103 Å². The smallest absolute Gasteiger partial charge is 0.411 e. The molecule has 0 bridgehead atoms. The van der Waals surface area contributed by atoms with E-state index in [0.29, 0.717) is 36.7 Å². The molecular weight excluding hydrogens is 392 g/mol. The third-order valence-corrected chi connectivity index (χ3v) is 4.84. The molecular formula is C21H28N2O7. The largest absolute Gasteiger partial charge is 0.486 e. The van der Waals surface area contributed by atoms with Gasteiger partial charge in [0.25, 0.3) is 5.91 Å². The van der Waals surface area contributed by atoms with Crippen molar-refractivity contribution in [1.29, 1.82) is 0 Å². The first-order valence-corrected chi connectivity index (χ1v) is 9.96. The quantitative estimate of drug-likeness (QED) is 0.747. The van der Waals surface area contributed by atoms with Crippen LogP contribution in [0.25, 0.3) is 0 Å². The fraction of sp³-hybridized carbons (Fsp3) is 0.571. The van der Waals surface area contributed by atoms with Crippen LogP contribution in [0.4, 0.5) is 4.79 Å². The van der Waals surface area contributed by atoms with Crippen LogP contribution in [0.15, 0.2) is 18.2 Å². The Morgan fingerprint density at radius 2 is 1.83 bits per heavy atom. The summed E-state index contributed by atoms with van der Waals surface area (Å²) in [6.07, 6.45) is 0.153. The van der Waals surface area contributed by atoms with Gasteiger partial charge in [0.15, 0.2) is 11.5 Å². The number of likely N-dealkylation sites (tertiary alicyclic amines) is 1. The number of piperidine rings is 1. The zero-order valence-electron chi connectivity index (χ0n) is 17.7. The highest BCUT2D eigenvalue weighted by Crippen LogP contribution is 2.31. The first-order chi connectivity index (χ1) is 14.2. The Morgan fingerprint density at radius 3 is 2.50 bits per heavy atom. The van der Waals surface area contributed by atoms with Gasteiger partial charge in [-0.25, -0.2) is 9.59 Å². The van der Waals surface area contributed by atoms with Crippen molar-refractivity contribution in [2.75, 3.05) is 26.9 Å². The van der Waals surface area contributed by atoms with E-state index in [-0.39, 0.29) is 24.9 Å². The SMILES string of the molecule is COC(=O)C1CC(NC(=O)c2ccc3c(c2)OCCO3)CCN1C(=O)OC(C)(C)C. The van der Waals surface area contributed by atoms with E-state index in [4.69, 9.17) is 18.9 Å². The van der Waals surface area contributed by atoms with E-state index < -0.39 is 23.7 Å². The number of ether oxygens (including phenoxy) is 4. The Labute approximate surface area is 175 Å². The zero-order valence-corrected chi connectivity index (χ0v) is 17.7. The molecule has 1 N–H and O–H groups in total. The summed E-state index contributed by atoms with van der Waals surface area (Å²) in [5.74, 6) is 0.306. The van der Waals surface area contributed by atoms with E-state index in [0.717, 1.165) is 0 Å². The summed E-state index contributed by atoms with van der Waals surface area (Å²) in [5, 5.41) is 2.94. The Kier molecular flexibility index (Phi) is 6.38. The van der Waals surface area contributed by atoms with Crippen molar-refractivity contribution in [3.63, 3.8) is 0 Å². The lowest BCUT2D eigenvalue weighted by Crippen LogP contribution is -2.56. The van der Waals surface area contributed by atoms with Crippen LogP contribution in [0.3, 0.4) is 0 Å². The number of nitrogens with zero attached hydrogens (tertiary/aromatic N) is 1. The number of benzene rings is 1. The van der Waals surface area contributed by atoms with Crippen molar-refractivity contribution in [3.05, 3.63) is 23.8 Å². The molecule has 2 heterocycles. The summed E-state index contributed by atoms with van der Waals surface area (Å²) in [5.41, 5.74) is -0.246. The lowest BCUT2D eigenvalue weighted by molar-refractivity contribution is -0.148. The summed E-state index contributed by atoms with van der Waals surface area (Å²) >= 11 is 0. The third kappa shape index (κ3) is 5.14. The number of esters is 1. The second-order valence-corrected chi connectivity index (χ2v) is 8.27. The molecule has 1 aromatic carbocycles. The normalized spacial score (nSPS) is 20.9. The third-order valence-electron chi connectivity index (χ3n) is 4.84. The maximum atomic E-state index is 12.7. The number of rotatable bonds is 3. The highest BCUT2D eigenvalue weighted by Gasteiger charge is 2.39. The molecule has 9 heteroatoms. The zero-order chi connectivity index (χ0) is 21.9. The maximum Gasteiger partial charge on any atom is 0.411 e. The number of nitrogens with one attached hydrogen (secondary N) is 1. The lowest BCUT2D eigenvalue weighted by atomic mass is 9.97. The van der Waals surface area contributed by atoms with E-state index in [1.165, 1.54) is 12.0 Å². The van der Waals surface area contributed by atoms with Gasteiger partial charge in [-0.1, -0.05) is 0 Å². The van der Waals surface area contributed by atoms with Crippen LogP contribution in [0.1, 0.15) is 44.0 Å². The lowest BCUT2D eigenvalue weighted by Gasteiger charge is -2.38. The second kappa shape index (κ2) is 8.81. The Balaban J connectivity index is 1.67. The van der Waals surface area contributed by atoms with Gasteiger partial charge in [-0.15, -0.1) is 0 Å². The number of carbonyl (C=O) groups is 3. The van der Waals surface area contributed by atoms with Crippen molar-refractivity contribution < 1.29 is 33.3 Å². The van der Waals surface area contributed by atoms with Gasteiger partial charge >= 0.3 is 12.1 Å². The number of hydrogen-bond acceptors (Lipinski definition) is 7. The van der Waals surface area contributed by atoms with Crippen LogP contribution in [-0.4, -0.2) is 67.4 Å². The van der Waals surface area contributed by atoms with Gasteiger partial charge in [0.05, 0.1) is 7.11 Å². The summed E-state index contributed by atoms with van der Waals surface area (Å²) in [4.78, 5) is 38.9. The van der Waals surface area contributed by atoms with Gasteiger partial charge in [-0.2, -0.15) is 0 Å². The van der Waals surface area contributed by atoms with Gasteiger partial charge in [-0.05, 0) is 51.8 Å². The molecule has 2 aliphatic rings. The molecule has 1 saturated heterocycles. The van der Waals surface area contributed by atoms with Crippen molar-refractivity contribution in [3.8, 4) is 11.5 Å². The first kappa shape index (κ1) is 21.7. The highest BCUT2D eigenvalue weighted by atomic mass is 16.6. The highest BCUT2D eigenvalue weighted by molar-refractivity contribution is 5.95. The van der Waals surface area contributed by atoms with Crippen LogP contribution in [0.5, 0.6) is 11.5 Å². The Morgan fingerprint density at radius 1 is 1.13 bits per heavy atom. The van der Waals surface area contributed by atoms with Crippen LogP contribution in [0, 0.1) is 0 Å². The average Bonchev–Trinajstić information content (AvgIpc) is 2.71. The van der Waals surface area contributed by atoms with Gasteiger partial charge < -0.3 is 24.3 Å². The molecule has 1 fully saturated rings. The molecule has 0 aromatic heterocycles. The van der Waals surface area contributed by atoms with Crippen molar-refractivity contribution in [2.24, 2.45) is 0 Å². The molecule has 2 aliphatic heterocycles. The van der Waals surface area contributed by atoms with Gasteiger partial charge in [0, 0.05) is 18.2 Å². The summed E-state index contributed by atoms with van der Waals surface area (Å²) in [6.45, 7) is 6.46. The maximum absolute atomic E-state index is 12.7. The minimum atomic E-state index is -0.829. The van der Waals surface area contributed by atoms with Crippen LogP contribution < -0.4 is 14.8 Å². The predicted octanol–water partition coefficient (Wildman–Crippen LogP) is 2.13. The van der Waals surface area contributed by atoms with Gasteiger partial charge in [0.1, 0.15) is 24.9 Å². The fourth-order valence-electron chi connectivity index (χ4n) is 3.45. The van der Waals surface area contributed by atoms with Gasteiger partial charge in [-0.3, -0.25) is 9.69 Å². The van der Waals surface area contributed by atoms with E-state index >= 15 is 0 Å². The molecule has 0 radical (unpaired) electrons. The monoisotopic (exact) mass is 420 g/mol. The minimum Gasteiger partial charge on any atom is -0.486 e. The molecule has 0 spiro atoms. The number of amides is 2. The van der Waals surface area contributed by atoms with Crippen LogP contribution >= 0.6 is 0 Å². The molecule has 30 heavy (non-hydrogen) atoms. The fourth-order valence-corrected chi connectivity index (χ4v) is 3.45. The number of fused-ring (bicyclic) bond motifs is 1. The van der Waals surface area contributed by atoms with Crippen LogP contribution in [-0.2, 0) is 14.3 Å². The van der Waals surface area contributed by atoms with Crippen LogP contribution in [0.2, 0.25) is 0 Å².